The predicted molar refractivity (Wildman–Crippen MR) is 230 cm³/mol. The average molecular weight is 697 g/mol. The molecule has 6 rings (SSSR count). The van der Waals surface area contributed by atoms with Gasteiger partial charge in [-0.05, 0) is 152 Å². The van der Waals surface area contributed by atoms with E-state index in [-0.39, 0.29) is 0 Å². The van der Waals surface area contributed by atoms with Crippen molar-refractivity contribution in [1.29, 1.82) is 0 Å². The lowest BCUT2D eigenvalue weighted by Gasteiger charge is -2.11. The van der Waals surface area contributed by atoms with Crippen LogP contribution in [0.15, 0.2) is 72.8 Å². The Kier molecular flexibility index (Phi) is 10.7. The van der Waals surface area contributed by atoms with Gasteiger partial charge in [-0.25, -0.2) is 0 Å². The molecular weight excluding hydrogens is 649 g/mol. The fourth-order valence-electron chi connectivity index (χ4n) is 7.94. The maximum atomic E-state index is 3.61. The SMILES string of the molecule is Cc1cc(C)c(C#Cc2ccc(C#Cc3c(C)cc(C)cc3C)c3c(C#Cc4c(C)cc(C)cc4C)ccc(C#Cc4c(C)cc(C)cc4C)c23)c(C)c1. The molecule has 0 aliphatic carbocycles. The second-order valence-corrected chi connectivity index (χ2v) is 15.2. The van der Waals surface area contributed by atoms with E-state index >= 15 is 0 Å². The molecule has 0 atom stereocenters. The van der Waals surface area contributed by atoms with Gasteiger partial charge in [0.05, 0.1) is 0 Å². The Bertz CT molecular complexity index is 2310. The van der Waals surface area contributed by atoms with Gasteiger partial charge in [-0.15, -0.1) is 0 Å². The Labute approximate surface area is 324 Å². The van der Waals surface area contributed by atoms with Gasteiger partial charge in [0.1, 0.15) is 0 Å². The predicted octanol–water partition coefficient (Wildman–Crippen LogP) is 12.1. The summed E-state index contributed by atoms with van der Waals surface area (Å²) in [5.74, 6) is 28.7. The summed E-state index contributed by atoms with van der Waals surface area (Å²) < 4.78 is 0. The van der Waals surface area contributed by atoms with Gasteiger partial charge in [0.25, 0.3) is 0 Å². The maximum absolute atomic E-state index is 3.61. The molecule has 264 valence electrons. The van der Waals surface area contributed by atoms with Crippen LogP contribution in [0.1, 0.15) is 111 Å². The van der Waals surface area contributed by atoms with Crippen molar-refractivity contribution in [3.8, 4) is 47.4 Å². The summed E-state index contributed by atoms with van der Waals surface area (Å²) in [4.78, 5) is 0. The molecule has 0 unspecified atom stereocenters. The van der Waals surface area contributed by atoms with Crippen LogP contribution in [0.3, 0.4) is 0 Å². The molecule has 0 heteroatoms. The summed E-state index contributed by atoms with van der Waals surface area (Å²) in [5, 5.41) is 1.96. The zero-order valence-corrected chi connectivity index (χ0v) is 33.9. The van der Waals surface area contributed by atoms with E-state index in [0.717, 1.165) is 55.3 Å². The molecule has 0 amide bonds. The second kappa shape index (κ2) is 15.4. The van der Waals surface area contributed by atoms with Crippen molar-refractivity contribution >= 4 is 10.8 Å². The average Bonchev–Trinajstić information content (AvgIpc) is 3.07. The molecule has 0 aliphatic heterocycles. The third-order valence-electron chi connectivity index (χ3n) is 10.2. The molecule has 0 fully saturated rings. The van der Waals surface area contributed by atoms with E-state index in [2.05, 4.69) is 203 Å². The second-order valence-electron chi connectivity index (χ2n) is 15.2. The Morgan fingerprint density at radius 3 is 0.574 bits per heavy atom. The highest BCUT2D eigenvalue weighted by Gasteiger charge is 2.14. The third kappa shape index (κ3) is 7.92. The fraction of sp³-hybridized carbons (Fsp3) is 0.222. The molecule has 6 aromatic rings. The van der Waals surface area contributed by atoms with Crippen LogP contribution >= 0.6 is 0 Å². The number of hydrogen-bond acceptors (Lipinski definition) is 0. The largest absolute Gasteiger partial charge is 0.0611 e. The zero-order chi connectivity index (χ0) is 38.8. The van der Waals surface area contributed by atoms with Gasteiger partial charge in [0.15, 0.2) is 0 Å². The highest BCUT2D eigenvalue weighted by atomic mass is 14.2. The van der Waals surface area contributed by atoms with Crippen LogP contribution < -0.4 is 0 Å². The Morgan fingerprint density at radius 1 is 0.241 bits per heavy atom. The number of benzene rings is 6. The number of aryl methyl sites for hydroxylation is 12. The first-order chi connectivity index (χ1) is 25.7. The minimum Gasteiger partial charge on any atom is -0.0611 e. The Hall–Kier alpha value is -6.18. The summed E-state index contributed by atoms with van der Waals surface area (Å²) in [7, 11) is 0. The van der Waals surface area contributed by atoms with E-state index in [1.54, 1.807) is 0 Å². The lowest BCUT2D eigenvalue weighted by Crippen LogP contribution is -1.95. The minimum absolute atomic E-state index is 0.908. The first-order valence-electron chi connectivity index (χ1n) is 18.7. The van der Waals surface area contributed by atoms with Crippen molar-refractivity contribution in [2.45, 2.75) is 83.1 Å². The van der Waals surface area contributed by atoms with E-state index in [1.165, 1.54) is 66.8 Å². The van der Waals surface area contributed by atoms with E-state index in [1.807, 2.05) is 0 Å². The molecule has 0 heterocycles. The first kappa shape index (κ1) is 37.6. The Morgan fingerprint density at radius 2 is 0.407 bits per heavy atom. The van der Waals surface area contributed by atoms with Crippen molar-refractivity contribution in [1.82, 2.24) is 0 Å². The van der Waals surface area contributed by atoms with Crippen LogP contribution in [0.25, 0.3) is 10.8 Å². The first-order valence-corrected chi connectivity index (χ1v) is 18.7. The van der Waals surface area contributed by atoms with Crippen LogP contribution in [-0.4, -0.2) is 0 Å². The lowest BCUT2D eigenvalue weighted by atomic mass is 9.90. The fourth-order valence-corrected chi connectivity index (χ4v) is 7.94. The lowest BCUT2D eigenvalue weighted by molar-refractivity contribution is 1.29. The molecule has 0 aromatic heterocycles. The summed E-state index contributed by atoms with van der Waals surface area (Å²) in [6.07, 6.45) is 0. The van der Waals surface area contributed by atoms with Crippen LogP contribution in [0, 0.1) is 130 Å². The number of fused-ring (bicyclic) bond motifs is 1. The molecule has 0 saturated carbocycles. The molecule has 0 spiro atoms. The van der Waals surface area contributed by atoms with E-state index in [9.17, 15) is 0 Å². The summed E-state index contributed by atoms with van der Waals surface area (Å²) in [6, 6.07) is 26.1. The van der Waals surface area contributed by atoms with Gasteiger partial charge in [0.2, 0.25) is 0 Å². The highest BCUT2D eigenvalue weighted by molar-refractivity contribution is 6.01. The van der Waals surface area contributed by atoms with Crippen molar-refractivity contribution < 1.29 is 0 Å². The number of hydrogen-bond donors (Lipinski definition) is 0. The van der Waals surface area contributed by atoms with Gasteiger partial charge >= 0.3 is 0 Å². The normalized spacial score (nSPS) is 10.4. The number of rotatable bonds is 0. The molecule has 54 heavy (non-hydrogen) atoms. The topological polar surface area (TPSA) is 0 Å². The molecule has 0 aliphatic rings. The summed E-state index contributed by atoms with van der Waals surface area (Å²) >= 11 is 0. The monoisotopic (exact) mass is 696 g/mol. The molecular formula is C54H48. The van der Waals surface area contributed by atoms with Gasteiger partial charge in [-0.1, -0.05) is 118 Å². The molecule has 0 saturated heterocycles. The van der Waals surface area contributed by atoms with Crippen LogP contribution in [0.5, 0.6) is 0 Å². The van der Waals surface area contributed by atoms with Crippen molar-refractivity contribution in [2.75, 3.05) is 0 Å². The van der Waals surface area contributed by atoms with Crippen molar-refractivity contribution in [3.63, 3.8) is 0 Å². The molecule has 6 aromatic carbocycles. The summed E-state index contributed by atoms with van der Waals surface area (Å²) in [5.41, 5.74) is 22.2. The summed E-state index contributed by atoms with van der Waals surface area (Å²) in [6.45, 7) is 25.7. The molecule has 0 radical (unpaired) electrons. The molecule has 0 bridgehead atoms. The van der Waals surface area contributed by atoms with E-state index in [0.29, 0.717) is 0 Å². The quantitative estimate of drug-likeness (QED) is 0.139. The van der Waals surface area contributed by atoms with Gasteiger partial charge in [-0.3, -0.25) is 0 Å². The van der Waals surface area contributed by atoms with Crippen LogP contribution in [0.4, 0.5) is 0 Å². The molecule has 0 N–H and O–H groups in total. The van der Waals surface area contributed by atoms with Gasteiger partial charge < -0.3 is 0 Å². The molecule has 0 nitrogen and oxygen atoms in total. The minimum atomic E-state index is 0.908. The third-order valence-corrected chi connectivity index (χ3v) is 10.2. The highest BCUT2D eigenvalue weighted by Crippen LogP contribution is 2.30. The van der Waals surface area contributed by atoms with Crippen molar-refractivity contribution in [3.05, 3.63) is 184 Å². The van der Waals surface area contributed by atoms with Crippen molar-refractivity contribution in [2.24, 2.45) is 0 Å². The van der Waals surface area contributed by atoms with E-state index in [4.69, 9.17) is 0 Å². The van der Waals surface area contributed by atoms with Gasteiger partial charge in [0, 0.05) is 55.3 Å². The standard InChI is InChI=1S/C54H48/c1-33-25-37(5)49(38(6)26-33)21-17-45-13-14-47(19-23-51-41(9)29-35(3)30-42(51)10)54-48(20-24-52-43(11)31-36(4)32-44(52)12)16-15-46(53(45)54)18-22-50-39(7)27-34(2)28-40(50)8/h13-16,25-32H,1-12H3. The Balaban J connectivity index is 1.71. The zero-order valence-electron chi connectivity index (χ0n) is 33.9. The van der Waals surface area contributed by atoms with Crippen LogP contribution in [0.2, 0.25) is 0 Å². The smallest absolute Gasteiger partial charge is 0.0341 e. The van der Waals surface area contributed by atoms with E-state index < -0.39 is 0 Å². The maximum Gasteiger partial charge on any atom is 0.0341 e. The van der Waals surface area contributed by atoms with Crippen LogP contribution in [-0.2, 0) is 0 Å². The van der Waals surface area contributed by atoms with Gasteiger partial charge in [-0.2, -0.15) is 0 Å².